The van der Waals surface area contributed by atoms with E-state index in [-0.39, 0.29) is 24.1 Å². The molecule has 2 atom stereocenters. The van der Waals surface area contributed by atoms with Crippen LogP contribution in [-0.2, 0) is 0 Å². The number of fused-ring (bicyclic) bond motifs is 2. The number of hydrogen-bond donors (Lipinski definition) is 1. The van der Waals surface area contributed by atoms with Gasteiger partial charge in [0.05, 0.1) is 16.8 Å². The number of aromatic nitrogens is 1. The fourth-order valence-electron chi connectivity index (χ4n) is 3.33. The Balaban J connectivity index is 1.88. The van der Waals surface area contributed by atoms with Crippen LogP contribution in [0, 0.1) is 13.8 Å². The van der Waals surface area contributed by atoms with E-state index < -0.39 is 0 Å². The van der Waals surface area contributed by atoms with Crippen LogP contribution < -0.4 is 0 Å². The molecule has 1 amide bonds. The summed E-state index contributed by atoms with van der Waals surface area (Å²) in [6, 6.07) is 0.459. The molecule has 0 saturated carbocycles. The fourth-order valence-corrected chi connectivity index (χ4v) is 4.19. The third kappa shape index (κ3) is 1.86. The van der Waals surface area contributed by atoms with E-state index in [0.717, 1.165) is 41.3 Å². The van der Waals surface area contributed by atoms with Gasteiger partial charge in [-0.2, -0.15) is 0 Å². The molecule has 2 aliphatic heterocycles. The first-order valence-corrected chi connectivity index (χ1v) is 7.32. The summed E-state index contributed by atoms with van der Waals surface area (Å²) in [5.41, 5.74) is 0.841. The van der Waals surface area contributed by atoms with E-state index in [1.165, 1.54) is 11.3 Å². The lowest BCUT2D eigenvalue weighted by Crippen LogP contribution is -2.47. The molecule has 4 nitrogen and oxygen atoms in total. The first-order valence-electron chi connectivity index (χ1n) is 6.51. The Hall–Kier alpha value is -0.940. The number of thiazole rings is 1. The number of aryl methyl sites for hydroxylation is 2. The van der Waals surface area contributed by atoms with Crippen LogP contribution in [0.15, 0.2) is 0 Å². The highest BCUT2D eigenvalue weighted by Crippen LogP contribution is 2.37. The number of aliphatic hydroxyl groups is 1. The number of aliphatic hydroxyl groups excluding tert-OH is 1. The van der Waals surface area contributed by atoms with Crippen LogP contribution in [0.4, 0.5) is 0 Å². The number of piperidine rings is 1. The molecule has 0 spiro atoms. The largest absolute Gasteiger partial charge is 0.393 e. The molecule has 1 aromatic heterocycles. The summed E-state index contributed by atoms with van der Waals surface area (Å²) in [5, 5.41) is 10.7. The van der Waals surface area contributed by atoms with Gasteiger partial charge >= 0.3 is 0 Å². The van der Waals surface area contributed by atoms with Crippen molar-refractivity contribution in [3.8, 4) is 0 Å². The molecule has 0 aromatic carbocycles. The zero-order valence-electron chi connectivity index (χ0n) is 10.7. The fraction of sp³-hybridized carbons (Fsp3) is 0.692. The lowest BCUT2D eigenvalue weighted by molar-refractivity contribution is 0.0290. The lowest BCUT2D eigenvalue weighted by Gasteiger charge is -2.37. The average Bonchev–Trinajstić information content (AvgIpc) is 2.76. The monoisotopic (exact) mass is 266 g/mol. The van der Waals surface area contributed by atoms with Crippen molar-refractivity contribution < 1.29 is 9.90 Å². The molecule has 18 heavy (non-hydrogen) atoms. The van der Waals surface area contributed by atoms with E-state index in [1.54, 1.807) is 0 Å². The van der Waals surface area contributed by atoms with Gasteiger partial charge in [0.25, 0.3) is 5.91 Å². The van der Waals surface area contributed by atoms with Crippen molar-refractivity contribution in [1.29, 1.82) is 0 Å². The molecule has 1 N–H and O–H groups in total. The van der Waals surface area contributed by atoms with Crippen LogP contribution in [0.2, 0.25) is 0 Å². The summed E-state index contributed by atoms with van der Waals surface area (Å²) in [7, 11) is 0. The molecule has 0 radical (unpaired) electrons. The molecule has 2 bridgehead atoms. The molecule has 1 aromatic rings. The molecule has 2 saturated heterocycles. The van der Waals surface area contributed by atoms with Gasteiger partial charge in [-0.3, -0.25) is 4.79 Å². The number of amides is 1. The van der Waals surface area contributed by atoms with Crippen LogP contribution in [0.25, 0.3) is 0 Å². The molecule has 2 aliphatic rings. The Morgan fingerprint density at radius 2 is 1.94 bits per heavy atom. The minimum atomic E-state index is -0.226. The van der Waals surface area contributed by atoms with Crippen molar-refractivity contribution in [2.75, 3.05) is 0 Å². The Labute approximate surface area is 111 Å². The quantitative estimate of drug-likeness (QED) is 0.844. The number of carbonyl (C=O) groups excluding carboxylic acids is 1. The molecule has 2 unspecified atom stereocenters. The van der Waals surface area contributed by atoms with Crippen molar-refractivity contribution in [1.82, 2.24) is 9.88 Å². The second-order valence-electron chi connectivity index (χ2n) is 5.37. The molecule has 2 fully saturated rings. The van der Waals surface area contributed by atoms with Crippen molar-refractivity contribution in [2.45, 2.75) is 57.7 Å². The second kappa shape index (κ2) is 4.31. The van der Waals surface area contributed by atoms with E-state index >= 15 is 0 Å². The highest BCUT2D eigenvalue weighted by atomic mass is 32.1. The molecule has 3 rings (SSSR count). The van der Waals surface area contributed by atoms with Crippen molar-refractivity contribution in [2.24, 2.45) is 0 Å². The van der Waals surface area contributed by atoms with Gasteiger partial charge in [0, 0.05) is 12.1 Å². The predicted molar refractivity (Wildman–Crippen MR) is 69.8 cm³/mol. The third-order valence-electron chi connectivity index (χ3n) is 4.04. The van der Waals surface area contributed by atoms with E-state index in [1.807, 2.05) is 18.7 Å². The smallest absolute Gasteiger partial charge is 0.266 e. The van der Waals surface area contributed by atoms with Crippen LogP contribution in [-0.4, -0.2) is 39.1 Å². The average molecular weight is 266 g/mol. The van der Waals surface area contributed by atoms with E-state index in [9.17, 15) is 9.90 Å². The standard InChI is InChI=1S/C13H18N2O2S/c1-7-12(18-8(2)14-7)13(17)15-9-3-4-10(15)6-11(16)5-9/h9-11,16H,3-6H2,1-2H3. The topological polar surface area (TPSA) is 53.4 Å². The van der Waals surface area contributed by atoms with Gasteiger partial charge in [0.2, 0.25) is 0 Å². The zero-order chi connectivity index (χ0) is 12.9. The predicted octanol–water partition coefficient (Wildman–Crippen LogP) is 1.89. The van der Waals surface area contributed by atoms with Gasteiger partial charge in [-0.15, -0.1) is 11.3 Å². The maximum Gasteiger partial charge on any atom is 0.266 e. The van der Waals surface area contributed by atoms with Crippen LogP contribution in [0.3, 0.4) is 0 Å². The number of nitrogens with zero attached hydrogens (tertiary/aromatic N) is 2. The number of carbonyl (C=O) groups is 1. The van der Waals surface area contributed by atoms with Gasteiger partial charge < -0.3 is 10.0 Å². The second-order valence-corrected chi connectivity index (χ2v) is 6.57. The minimum Gasteiger partial charge on any atom is -0.393 e. The van der Waals surface area contributed by atoms with Crippen molar-refractivity contribution in [3.05, 3.63) is 15.6 Å². The van der Waals surface area contributed by atoms with Gasteiger partial charge in [-0.25, -0.2) is 4.98 Å². The minimum absolute atomic E-state index is 0.123. The molecule has 98 valence electrons. The SMILES string of the molecule is Cc1nc(C)c(C(=O)N2C3CCC2CC(O)C3)s1. The summed E-state index contributed by atoms with van der Waals surface area (Å²) in [4.78, 5) is 19.7. The summed E-state index contributed by atoms with van der Waals surface area (Å²) in [6.45, 7) is 3.83. The van der Waals surface area contributed by atoms with Crippen molar-refractivity contribution >= 4 is 17.2 Å². The Kier molecular flexibility index (Phi) is 2.90. The third-order valence-corrected chi connectivity index (χ3v) is 5.10. The van der Waals surface area contributed by atoms with Crippen molar-refractivity contribution in [3.63, 3.8) is 0 Å². The normalized spacial score (nSPS) is 30.8. The highest BCUT2D eigenvalue weighted by molar-refractivity contribution is 7.13. The first-order chi connectivity index (χ1) is 8.56. The van der Waals surface area contributed by atoms with Crippen LogP contribution >= 0.6 is 11.3 Å². The van der Waals surface area contributed by atoms with Gasteiger partial charge in [0.15, 0.2) is 0 Å². The van der Waals surface area contributed by atoms with Gasteiger partial charge in [-0.05, 0) is 39.5 Å². The number of hydrogen-bond acceptors (Lipinski definition) is 4. The maximum absolute atomic E-state index is 12.6. The van der Waals surface area contributed by atoms with E-state index in [4.69, 9.17) is 0 Å². The summed E-state index contributed by atoms with van der Waals surface area (Å²) in [5.74, 6) is 0.123. The molecule has 0 aliphatic carbocycles. The Morgan fingerprint density at radius 1 is 1.33 bits per heavy atom. The highest BCUT2D eigenvalue weighted by Gasteiger charge is 2.43. The molecular weight excluding hydrogens is 248 g/mol. The molecular formula is C13H18N2O2S. The first kappa shape index (κ1) is 12.1. The summed E-state index contributed by atoms with van der Waals surface area (Å²) in [6.07, 6.45) is 3.31. The maximum atomic E-state index is 12.6. The van der Waals surface area contributed by atoms with Crippen LogP contribution in [0.5, 0.6) is 0 Å². The summed E-state index contributed by atoms with van der Waals surface area (Å²) >= 11 is 1.48. The van der Waals surface area contributed by atoms with Gasteiger partial charge in [0.1, 0.15) is 4.88 Å². The summed E-state index contributed by atoms with van der Waals surface area (Å²) < 4.78 is 0. The lowest BCUT2D eigenvalue weighted by atomic mass is 9.99. The zero-order valence-corrected chi connectivity index (χ0v) is 11.5. The number of rotatable bonds is 1. The molecule has 3 heterocycles. The van der Waals surface area contributed by atoms with Gasteiger partial charge in [-0.1, -0.05) is 0 Å². The van der Waals surface area contributed by atoms with E-state index in [2.05, 4.69) is 4.98 Å². The van der Waals surface area contributed by atoms with Crippen LogP contribution in [0.1, 0.15) is 46.1 Å². The Bertz CT molecular complexity index is 471. The van der Waals surface area contributed by atoms with E-state index in [0.29, 0.717) is 0 Å². The molecule has 5 heteroatoms. The Morgan fingerprint density at radius 3 is 2.44 bits per heavy atom.